The van der Waals surface area contributed by atoms with Crippen molar-refractivity contribution in [2.45, 2.75) is 50.7 Å². The van der Waals surface area contributed by atoms with Gasteiger partial charge in [-0.2, -0.15) is 4.21 Å². The van der Waals surface area contributed by atoms with Crippen molar-refractivity contribution in [1.29, 1.82) is 0 Å². The maximum Gasteiger partial charge on any atom is 0.312 e. The first kappa shape index (κ1) is 20.2. The summed E-state index contributed by atoms with van der Waals surface area (Å²) in [6.45, 7) is 1.12. The number of ether oxygens (including phenoxy) is 3. The zero-order valence-electron chi connectivity index (χ0n) is 16.3. The lowest BCUT2D eigenvalue weighted by Crippen LogP contribution is -2.68. The molecule has 6 rings (SSSR count). The molecule has 29 heavy (non-hydrogen) atoms. The smallest absolute Gasteiger partial charge is 0.312 e. The first-order valence-corrected chi connectivity index (χ1v) is 11.2. The molecule has 4 aliphatic carbocycles. The van der Waals surface area contributed by atoms with E-state index in [4.69, 9.17) is 22.6 Å². The second-order valence-corrected chi connectivity index (χ2v) is 10.7. The molecule has 7 nitrogen and oxygen atoms in total. The monoisotopic (exact) mass is 436 g/mol. The summed E-state index contributed by atoms with van der Waals surface area (Å²) in [7, 11) is 0. The van der Waals surface area contributed by atoms with Gasteiger partial charge in [-0.1, -0.05) is 0 Å². The molecule has 2 atom stereocenters. The van der Waals surface area contributed by atoms with Gasteiger partial charge in [0.1, 0.15) is 0 Å². The number of carbonyl (C=O) groups excluding carboxylic acids is 1. The summed E-state index contributed by atoms with van der Waals surface area (Å²) in [5, 5.41) is 0. The second-order valence-electron chi connectivity index (χ2n) is 9.80. The van der Waals surface area contributed by atoms with Crippen molar-refractivity contribution in [2.75, 3.05) is 33.0 Å². The summed E-state index contributed by atoms with van der Waals surface area (Å²) < 4.78 is 65.7. The van der Waals surface area contributed by atoms with Crippen LogP contribution in [0, 0.1) is 28.6 Å². The minimum absolute atomic E-state index is 0.0281. The van der Waals surface area contributed by atoms with Crippen LogP contribution in [0.4, 0.5) is 8.78 Å². The van der Waals surface area contributed by atoms with Crippen LogP contribution in [0.25, 0.3) is 0 Å². The molecule has 4 bridgehead atoms. The van der Waals surface area contributed by atoms with Crippen LogP contribution in [0.2, 0.25) is 0 Å². The van der Waals surface area contributed by atoms with Crippen LogP contribution in [-0.4, -0.2) is 54.9 Å². The number of alkyl halides is 2. The van der Waals surface area contributed by atoms with Gasteiger partial charge < -0.3 is 14.2 Å². The molecule has 2 saturated heterocycles. The fraction of sp³-hybridized carbons (Fsp3) is 0.947. The van der Waals surface area contributed by atoms with Gasteiger partial charge in [-0.05, 0) is 38.0 Å². The van der Waals surface area contributed by atoms with Gasteiger partial charge in [0.2, 0.25) is 0 Å². The van der Waals surface area contributed by atoms with E-state index in [0.29, 0.717) is 38.4 Å². The molecule has 0 aromatic heterocycles. The number of rotatable bonds is 3. The molecule has 0 aromatic carbocycles. The maximum absolute atomic E-state index is 13.2. The third-order valence-corrected chi connectivity index (χ3v) is 7.97. The van der Waals surface area contributed by atoms with E-state index in [9.17, 15) is 17.8 Å². The van der Waals surface area contributed by atoms with Crippen LogP contribution < -0.4 is 0 Å². The molecule has 6 aliphatic rings. The Balaban J connectivity index is 1.30. The number of halogens is 2. The highest BCUT2D eigenvalue weighted by Crippen LogP contribution is 2.66. The van der Waals surface area contributed by atoms with Crippen molar-refractivity contribution in [2.24, 2.45) is 28.6 Å². The van der Waals surface area contributed by atoms with Crippen LogP contribution in [0.15, 0.2) is 0 Å². The number of hydrogen-bond acceptors (Lipinski definition) is 7. The summed E-state index contributed by atoms with van der Waals surface area (Å²) in [5.74, 6) is -3.87. The second kappa shape index (κ2) is 6.66. The van der Waals surface area contributed by atoms with Gasteiger partial charge in [-0.3, -0.25) is 13.2 Å². The van der Waals surface area contributed by atoms with Gasteiger partial charge in [-0.25, -0.2) is 8.78 Å². The Morgan fingerprint density at radius 3 is 2.21 bits per heavy atom. The highest BCUT2D eigenvalue weighted by atomic mass is 32.2. The zero-order valence-corrected chi connectivity index (χ0v) is 17.1. The maximum atomic E-state index is 13.2. The number of esters is 1. The summed E-state index contributed by atoms with van der Waals surface area (Å²) >= 11 is -1.72. The SMILES string of the molecule is CC(F)(F)COC(=O)C12CC3CC(C1)C1(OCC4(COS(=O)OC4)CO1)C(C3)C2. The minimum atomic E-state index is -3.03. The molecule has 2 unspecified atom stereocenters. The predicted molar refractivity (Wildman–Crippen MR) is 94.7 cm³/mol. The fourth-order valence-corrected chi connectivity index (χ4v) is 6.96. The van der Waals surface area contributed by atoms with Crippen LogP contribution >= 0.6 is 0 Å². The van der Waals surface area contributed by atoms with E-state index in [0.717, 1.165) is 19.8 Å². The van der Waals surface area contributed by atoms with E-state index in [2.05, 4.69) is 0 Å². The lowest BCUT2D eigenvalue weighted by molar-refractivity contribution is -0.391. The molecule has 164 valence electrons. The van der Waals surface area contributed by atoms with Crippen LogP contribution in [0.1, 0.15) is 39.0 Å². The van der Waals surface area contributed by atoms with Crippen molar-refractivity contribution in [3.63, 3.8) is 0 Å². The van der Waals surface area contributed by atoms with Crippen LogP contribution in [0.3, 0.4) is 0 Å². The van der Waals surface area contributed by atoms with E-state index in [1.807, 2.05) is 0 Å². The van der Waals surface area contributed by atoms with Crippen LogP contribution in [0.5, 0.6) is 0 Å². The first-order valence-electron chi connectivity index (χ1n) is 10.2. The Morgan fingerprint density at radius 1 is 1.07 bits per heavy atom. The van der Waals surface area contributed by atoms with E-state index < -0.39 is 46.5 Å². The molecule has 6 fully saturated rings. The Kier molecular flexibility index (Phi) is 4.65. The Labute approximate surface area is 170 Å². The van der Waals surface area contributed by atoms with Gasteiger partial charge in [0.25, 0.3) is 5.92 Å². The molecule has 2 aliphatic heterocycles. The molecule has 0 N–H and O–H groups in total. The highest BCUT2D eigenvalue weighted by molar-refractivity contribution is 7.75. The van der Waals surface area contributed by atoms with Gasteiger partial charge in [0.05, 0.1) is 37.3 Å². The largest absolute Gasteiger partial charge is 0.459 e. The van der Waals surface area contributed by atoms with E-state index in [1.165, 1.54) is 0 Å². The summed E-state index contributed by atoms with van der Waals surface area (Å²) in [4.78, 5) is 12.8. The lowest BCUT2D eigenvalue weighted by atomic mass is 9.47. The van der Waals surface area contributed by atoms with Gasteiger partial charge in [0, 0.05) is 18.8 Å². The minimum Gasteiger partial charge on any atom is -0.459 e. The van der Waals surface area contributed by atoms with Gasteiger partial charge in [-0.15, -0.1) is 0 Å². The summed E-state index contributed by atoms with van der Waals surface area (Å²) in [5.41, 5.74) is -1.18. The molecule has 10 heteroatoms. The molecule has 2 heterocycles. The third kappa shape index (κ3) is 3.35. The fourth-order valence-electron chi connectivity index (χ4n) is 6.20. The molecule has 0 aromatic rings. The summed E-state index contributed by atoms with van der Waals surface area (Å²) in [6.07, 6.45) is 3.58. The molecule has 0 amide bonds. The van der Waals surface area contributed by atoms with Crippen molar-refractivity contribution in [1.82, 2.24) is 0 Å². The van der Waals surface area contributed by atoms with Crippen LogP contribution in [-0.2, 0) is 38.7 Å². The number of hydrogen-bond donors (Lipinski definition) is 0. The molecule has 4 saturated carbocycles. The average molecular weight is 436 g/mol. The average Bonchev–Trinajstić information content (AvgIpc) is 2.67. The normalized spacial score (nSPS) is 48.9. The standard InChI is InChI=1S/C19H26F2O7S/c1-16(20,21)7-24-15(22)18-4-12-2-13(5-18)19(14(3-12)6-18)25-8-17(9-26-19)10-27-29(23)28-11-17/h12-14H,2-11H2,1H3. The summed E-state index contributed by atoms with van der Waals surface area (Å²) in [6, 6.07) is 0. The Bertz CT molecular complexity index is 686. The van der Waals surface area contributed by atoms with E-state index >= 15 is 0 Å². The Morgan fingerprint density at radius 2 is 1.66 bits per heavy atom. The molecule has 2 spiro atoms. The van der Waals surface area contributed by atoms with Crippen molar-refractivity contribution < 1.29 is 40.4 Å². The third-order valence-electron chi connectivity index (χ3n) is 7.35. The molecule has 0 radical (unpaired) electrons. The van der Waals surface area contributed by atoms with Crippen molar-refractivity contribution >= 4 is 17.3 Å². The highest BCUT2D eigenvalue weighted by Gasteiger charge is 2.68. The predicted octanol–water partition coefficient (Wildman–Crippen LogP) is 2.37. The topological polar surface area (TPSA) is 80.3 Å². The quantitative estimate of drug-likeness (QED) is 0.629. The first-order chi connectivity index (χ1) is 13.6. The molecular formula is C19H26F2O7S. The zero-order chi connectivity index (χ0) is 20.5. The lowest BCUT2D eigenvalue weighted by Gasteiger charge is -2.65. The van der Waals surface area contributed by atoms with E-state index in [-0.39, 0.29) is 25.0 Å². The van der Waals surface area contributed by atoms with E-state index in [1.54, 1.807) is 0 Å². The van der Waals surface area contributed by atoms with Crippen molar-refractivity contribution in [3.8, 4) is 0 Å². The van der Waals surface area contributed by atoms with Gasteiger partial charge in [0.15, 0.2) is 12.4 Å². The van der Waals surface area contributed by atoms with Crippen molar-refractivity contribution in [3.05, 3.63) is 0 Å². The number of carbonyl (C=O) groups is 1. The molecular weight excluding hydrogens is 410 g/mol. The Hall–Kier alpha value is -0.680. The van der Waals surface area contributed by atoms with Gasteiger partial charge >= 0.3 is 17.3 Å².